The summed E-state index contributed by atoms with van der Waals surface area (Å²) in [5.74, 6) is 1.82. The maximum Gasteiger partial charge on any atom is 0.124 e. The van der Waals surface area contributed by atoms with E-state index < -0.39 is 0 Å². The van der Waals surface area contributed by atoms with Crippen molar-refractivity contribution in [2.45, 2.75) is 49.4 Å². The number of aryl methyl sites for hydroxylation is 1. The van der Waals surface area contributed by atoms with Crippen molar-refractivity contribution in [1.29, 1.82) is 0 Å². The van der Waals surface area contributed by atoms with Crippen LogP contribution in [-0.4, -0.2) is 36.5 Å². The van der Waals surface area contributed by atoms with E-state index >= 15 is 0 Å². The minimum Gasteiger partial charge on any atom is -0.493 e. The van der Waals surface area contributed by atoms with Gasteiger partial charge in [-0.3, -0.25) is 0 Å². The van der Waals surface area contributed by atoms with Crippen LogP contribution in [0.1, 0.15) is 43.4 Å². The number of likely N-dealkylation sites (tertiary alicyclic amines) is 1. The number of hydrogen-bond donors (Lipinski definition) is 0. The lowest BCUT2D eigenvalue weighted by Gasteiger charge is -2.43. The van der Waals surface area contributed by atoms with E-state index in [9.17, 15) is 0 Å². The highest BCUT2D eigenvalue weighted by Crippen LogP contribution is 2.54. The van der Waals surface area contributed by atoms with Crippen LogP contribution in [0.4, 0.5) is 5.69 Å². The molecule has 0 amide bonds. The van der Waals surface area contributed by atoms with Gasteiger partial charge in [0, 0.05) is 16.9 Å². The topological polar surface area (TPSA) is 15.7 Å². The predicted molar refractivity (Wildman–Crippen MR) is 117 cm³/mol. The molecule has 2 atom stereocenters. The first kappa shape index (κ1) is 18.4. The van der Waals surface area contributed by atoms with E-state index in [-0.39, 0.29) is 0 Å². The zero-order valence-electron chi connectivity index (χ0n) is 16.9. The number of anilines is 1. The van der Waals surface area contributed by atoms with Crippen molar-refractivity contribution >= 4 is 17.4 Å². The highest BCUT2D eigenvalue weighted by Gasteiger charge is 2.42. The third kappa shape index (κ3) is 3.11. The molecular formula is C24H30N2OS. The molecule has 0 bridgehead atoms. The Labute approximate surface area is 173 Å². The van der Waals surface area contributed by atoms with Crippen LogP contribution in [0.3, 0.4) is 0 Å². The van der Waals surface area contributed by atoms with Gasteiger partial charge in [0.1, 0.15) is 5.75 Å². The first-order chi connectivity index (χ1) is 13.8. The van der Waals surface area contributed by atoms with Crippen LogP contribution in [-0.2, 0) is 0 Å². The molecule has 28 heavy (non-hydrogen) atoms. The average Bonchev–Trinajstić information content (AvgIpc) is 3.14. The normalized spacial score (nSPS) is 25.3. The fourth-order valence-electron chi connectivity index (χ4n) is 5.14. The number of benzene rings is 2. The smallest absolute Gasteiger partial charge is 0.124 e. The summed E-state index contributed by atoms with van der Waals surface area (Å²) < 4.78 is 5.99. The number of ether oxygens (including phenoxy) is 1. The standard InChI is InChI=1S/C24H30N2OS/c1-3-25-14-11-18(12-15-25)24-26(21-9-6-7-17(2)23(21)28-24)20-13-16-27-22-10-5-4-8-19(20)22/h4-10,18,20,24H,3,11-16H2,1-2H3/t20?,24-/m0/s1. The van der Waals surface area contributed by atoms with E-state index in [0.29, 0.717) is 11.4 Å². The Balaban J connectivity index is 1.52. The fourth-order valence-corrected chi connectivity index (χ4v) is 6.77. The molecule has 0 N–H and O–H groups in total. The van der Waals surface area contributed by atoms with E-state index in [1.165, 1.54) is 54.2 Å². The quantitative estimate of drug-likeness (QED) is 0.684. The van der Waals surface area contributed by atoms with Crippen LogP contribution >= 0.6 is 11.8 Å². The molecule has 3 heterocycles. The van der Waals surface area contributed by atoms with Crippen LogP contribution in [0, 0.1) is 12.8 Å². The first-order valence-corrected chi connectivity index (χ1v) is 11.6. The Hall–Kier alpha value is -1.65. The molecule has 3 aliphatic heterocycles. The first-order valence-electron chi connectivity index (χ1n) is 10.7. The number of hydrogen-bond acceptors (Lipinski definition) is 4. The van der Waals surface area contributed by atoms with Crippen LogP contribution in [0.5, 0.6) is 5.75 Å². The third-order valence-electron chi connectivity index (χ3n) is 6.73. The van der Waals surface area contributed by atoms with E-state index in [2.05, 4.69) is 77.9 Å². The van der Waals surface area contributed by atoms with E-state index in [0.717, 1.165) is 24.7 Å². The van der Waals surface area contributed by atoms with Gasteiger partial charge in [0.25, 0.3) is 0 Å². The molecule has 0 aromatic heterocycles. The van der Waals surface area contributed by atoms with Crippen LogP contribution in [0.2, 0.25) is 0 Å². The van der Waals surface area contributed by atoms with Gasteiger partial charge in [-0.1, -0.05) is 49.0 Å². The largest absolute Gasteiger partial charge is 0.493 e. The van der Waals surface area contributed by atoms with Crippen molar-refractivity contribution in [2.24, 2.45) is 5.92 Å². The van der Waals surface area contributed by atoms with Gasteiger partial charge < -0.3 is 14.5 Å². The van der Waals surface area contributed by atoms with Gasteiger partial charge in [-0.25, -0.2) is 0 Å². The minimum absolute atomic E-state index is 0.412. The summed E-state index contributed by atoms with van der Waals surface area (Å²) in [6.07, 6.45) is 3.68. The minimum atomic E-state index is 0.412. The van der Waals surface area contributed by atoms with Gasteiger partial charge in [0.05, 0.1) is 23.7 Å². The predicted octanol–water partition coefficient (Wildman–Crippen LogP) is 5.49. The zero-order chi connectivity index (χ0) is 19.1. The second-order valence-corrected chi connectivity index (χ2v) is 9.43. The van der Waals surface area contributed by atoms with Gasteiger partial charge in [0.15, 0.2) is 0 Å². The maximum atomic E-state index is 5.99. The Morgan fingerprint density at radius 2 is 1.86 bits per heavy atom. The second-order valence-electron chi connectivity index (χ2n) is 8.30. The van der Waals surface area contributed by atoms with Gasteiger partial charge in [0.2, 0.25) is 0 Å². The molecule has 1 unspecified atom stereocenters. The lowest BCUT2D eigenvalue weighted by atomic mass is 9.92. The Morgan fingerprint density at radius 1 is 1.04 bits per heavy atom. The number of nitrogens with zero attached hydrogens (tertiary/aromatic N) is 2. The van der Waals surface area contributed by atoms with Crippen molar-refractivity contribution in [3.8, 4) is 5.75 Å². The lowest BCUT2D eigenvalue weighted by molar-refractivity contribution is 0.184. The average molecular weight is 395 g/mol. The number of piperidine rings is 1. The molecule has 5 rings (SSSR count). The molecular weight excluding hydrogens is 364 g/mol. The van der Waals surface area contributed by atoms with E-state index in [4.69, 9.17) is 4.74 Å². The van der Waals surface area contributed by atoms with Crippen LogP contribution in [0.15, 0.2) is 47.4 Å². The highest BCUT2D eigenvalue weighted by atomic mass is 32.2. The van der Waals surface area contributed by atoms with Crippen molar-refractivity contribution < 1.29 is 4.74 Å². The van der Waals surface area contributed by atoms with Gasteiger partial charge in [-0.2, -0.15) is 0 Å². The zero-order valence-corrected chi connectivity index (χ0v) is 17.8. The number of rotatable bonds is 3. The summed E-state index contributed by atoms with van der Waals surface area (Å²) in [7, 11) is 0. The van der Waals surface area contributed by atoms with Crippen molar-refractivity contribution in [1.82, 2.24) is 4.90 Å². The second kappa shape index (κ2) is 7.64. The lowest BCUT2D eigenvalue weighted by Crippen LogP contribution is -2.44. The summed E-state index contributed by atoms with van der Waals surface area (Å²) in [6.45, 7) is 9.03. The summed E-state index contributed by atoms with van der Waals surface area (Å²) in [5.41, 5.74) is 4.22. The van der Waals surface area contributed by atoms with Crippen LogP contribution in [0.25, 0.3) is 0 Å². The van der Waals surface area contributed by atoms with Crippen molar-refractivity contribution in [3.63, 3.8) is 0 Å². The molecule has 0 spiro atoms. The molecule has 0 saturated carbocycles. The van der Waals surface area contributed by atoms with Crippen molar-refractivity contribution in [3.05, 3.63) is 53.6 Å². The molecule has 3 nitrogen and oxygen atoms in total. The monoisotopic (exact) mass is 394 g/mol. The SMILES string of the molecule is CCN1CCC([C@@H]2Sc3c(C)cccc3N2C2CCOc3ccccc32)CC1. The van der Waals surface area contributed by atoms with Gasteiger partial charge in [-0.05, 0) is 63.0 Å². The summed E-state index contributed by atoms with van der Waals surface area (Å²) in [4.78, 5) is 6.86. The Kier molecular flexibility index (Phi) is 5.02. The Morgan fingerprint density at radius 3 is 2.68 bits per heavy atom. The highest BCUT2D eigenvalue weighted by molar-refractivity contribution is 8.00. The molecule has 148 valence electrons. The third-order valence-corrected chi connectivity index (χ3v) is 8.35. The number of fused-ring (bicyclic) bond motifs is 2. The molecule has 1 saturated heterocycles. The molecule has 3 aliphatic rings. The molecule has 0 radical (unpaired) electrons. The number of thioether (sulfide) groups is 1. The maximum absolute atomic E-state index is 5.99. The molecule has 2 aromatic rings. The molecule has 0 aliphatic carbocycles. The van der Waals surface area contributed by atoms with Gasteiger partial charge >= 0.3 is 0 Å². The summed E-state index contributed by atoms with van der Waals surface area (Å²) >= 11 is 2.12. The summed E-state index contributed by atoms with van der Waals surface area (Å²) in [6, 6.07) is 15.9. The van der Waals surface area contributed by atoms with Crippen LogP contribution < -0.4 is 9.64 Å². The molecule has 4 heteroatoms. The number of para-hydroxylation sites is 1. The van der Waals surface area contributed by atoms with Crippen molar-refractivity contribution in [2.75, 3.05) is 31.1 Å². The van der Waals surface area contributed by atoms with E-state index in [1.807, 2.05) is 0 Å². The summed E-state index contributed by atoms with van der Waals surface area (Å²) in [5, 5.41) is 0.534. The molecule has 2 aromatic carbocycles. The van der Waals surface area contributed by atoms with Gasteiger partial charge in [-0.15, -0.1) is 0 Å². The molecule has 1 fully saturated rings. The van der Waals surface area contributed by atoms with E-state index in [1.54, 1.807) is 0 Å². The Bertz CT molecular complexity index is 846. The fraction of sp³-hybridized carbons (Fsp3) is 0.500.